The molecule has 6 heteroatoms. The number of carbonyl (C=O) groups is 2. The Morgan fingerprint density at radius 2 is 1.47 bits per heavy atom. The minimum absolute atomic E-state index is 0.111. The summed E-state index contributed by atoms with van der Waals surface area (Å²) in [7, 11) is 0. The summed E-state index contributed by atoms with van der Waals surface area (Å²) in [5, 5.41) is 6.46. The highest BCUT2D eigenvalue weighted by Crippen LogP contribution is 2.29. The Balaban J connectivity index is 1.46. The van der Waals surface area contributed by atoms with Crippen LogP contribution in [0.15, 0.2) is 97.1 Å². The number of aryl methyl sites for hydroxylation is 1. The number of anilines is 3. The molecule has 170 valence electrons. The van der Waals surface area contributed by atoms with Gasteiger partial charge in [-0.05, 0) is 55.0 Å². The molecular formula is C28H23ClN2O3. The number of para-hydroxylation sites is 3. The van der Waals surface area contributed by atoms with E-state index in [1.54, 1.807) is 42.5 Å². The van der Waals surface area contributed by atoms with Gasteiger partial charge in [-0.2, -0.15) is 0 Å². The van der Waals surface area contributed by atoms with E-state index in [0.717, 1.165) is 5.56 Å². The van der Waals surface area contributed by atoms with Gasteiger partial charge in [0.2, 0.25) is 0 Å². The number of hydrogen-bond acceptors (Lipinski definition) is 4. The van der Waals surface area contributed by atoms with Crippen molar-refractivity contribution in [3.05, 3.63) is 119 Å². The second-order valence-electron chi connectivity index (χ2n) is 7.66. The lowest BCUT2D eigenvalue weighted by Gasteiger charge is -2.14. The Kier molecular flexibility index (Phi) is 7.25. The number of halogens is 1. The zero-order valence-electron chi connectivity index (χ0n) is 18.5. The third kappa shape index (κ3) is 5.63. The van der Waals surface area contributed by atoms with E-state index >= 15 is 0 Å². The quantitative estimate of drug-likeness (QED) is 0.283. The molecule has 0 saturated carbocycles. The molecule has 5 nitrogen and oxygen atoms in total. The van der Waals surface area contributed by atoms with Crippen LogP contribution in [-0.4, -0.2) is 18.3 Å². The fraction of sp³-hybridized carbons (Fsp3) is 0.0714. The van der Waals surface area contributed by atoms with E-state index in [9.17, 15) is 9.59 Å². The SMILES string of the molecule is Cc1ccccc1C(=O)c1ccc(Nc2ccccc2NC(=O)COc2ccccc2)cc1Cl. The molecule has 0 aliphatic carbocycles. The van der Waals surface area contributed by atoms with Gasteiger partial charge in [0, 0.05) is 16.8 Å². The molecule has 0 aliphatic rings. The van der Waals surface area contributed by atoms with Crippen LogP contribution in [0, 0.1) is 6.92 Å². The van der Waals surface area contributed by atoms with Crippen LogP contribution in [0.25, 0.3) is 0 Å². The Hall–Kier alpha value is -4.09. The predicted octanol–water partition coefficient (Wildman–Crippen LogP) is 6.64. The highest BCUT2D eigenvalue weighted by molar-refractivity contribution is 6.35. The Morgan fingerprint density at radius 3 is 2.21 bits per heavy atom. The zero-order valence-corrected chi connectivity index (χ0v) is 19.3. The molecule has 34 heavy (non-hydrogen) atoms. The van der Waals surface area contributed by atoms with Gasteiger partial charge in [0.15, 0.2) is 12.4 Å². The lowest BCUT2D eigenvalue weighted by Crippen LogP contribution is -2.20. The molecule has 1 amide bonds. The maximum absolute atomic E-state index is 12.9. The maximum atomic E-state index is 12.9. The van der Waals surface area contributed by atoms with E-state index in [-0.39, 0.29) is 18.3 Å². The molecule has 2 N–H and O–H groups in total. The lowest BCUT2D eigenvalue weighted by atomic mass is 9.99. The summed E-state index contributed by atoms with van der Waals surface area (Å²) in [6.07, 6.45) is 0. The second-order valence-corrected chi connectivity index (χ2v) is 8.07. The van der Waals surface area contributed by atoms with Crippen molar-refractivity contribution < 1.29 is 14.3 Å². The molecule has 0 bridgehead atoms. The lowest BCUT2D eigenvalue weighted by molar-refractivity contribution is -0.118. The van der Waals surface area contributed by atoms with Crippen LogP contribution < -0.4 is 15.4 Å². The van der Waals surface area contributed by atoms with Crippen molar-refractivity contribution in [3.63, 3.8) is 0 Å². The van der Waals surface area contributed by atoms with E-state index in [1.165, 1.54) is 0 Å². The molecule has 0 saturated heterocycles. The fourth-order valence-electron chi connectivity index (χ4n) is 3.46. The van der Waals surface area contributed by atoms with Crippen molar-refractivity contribution in [3.8, 4) is 5.75 Å². The van der Waals surface area contributed by atoms with Crippen molar-refractivity contribution >= 4 is 40.4 Å². The van der Waals surface area contributed by atoms with Crippen LogP contribution in [0.4, 0.5) is 17.1 Å². The van der Waals surface area contributed by atoms with Crippen molar-refractivity contribution in [2.24, 2.45) is 0 Å². The van der Waals surface area contributed by atoms with Gasteiger partial charge in [0.1, 0.15) is 5.75 Å². The summed E-state index contributed by atoms with van der Waals surface area (Å²) < 4.78 is 5.51. The monoisotopic (exact) mass is 470 g/mol. The highest BCUT2D eigenvalue weighted by atomic mass is 35.5. The molecule has 0 spiro atoms. The molecule has 0 radical (unpaired) electrons. The Bertz CT molecular complexity index is 1320. The minimum Gasteiger partial charge on any atom is -0.484 e. The van der Waals surface area contributed by atoms with Gasteiger partial charge in [0.05, 0.1) is 16.4 Å². The van der Waals surface area contributed by atoms with Gasteiger partial charge in [-0.3, -0.25) is 9.59 Å². The van der Waals surface area contributed by atoms with Crippen molar-refractivity contribution in [1.82, 2.24) is 0 Å². The number of nitrogens with one attached hydrogen (secondary N) is 2. The number of ether oxygens (including phenoxy) is 1. The standard InChI is InChI=1S/C28H23ClN2O3/c1-19-9-5-6-12-22(19)28(33)23-16-15-20(17-24(23)29)30-25-13-7-8-14-26(25)31-27(32)18-34-21-10-3-2-4-11-21/h2-17,30H,18H2,1H3,(H,31,32). The number of ketones is 1. The summed E-state index contributed by atoms with van der Waals surface area (Å²) >= 11 is 6.47. The molecule has 0 heterocycles. The number of rotatable bonds is 8. The van der Waals surface area contributed by atoms with E-state index in [4.69, 9.17) is 16.3 Å². The van der Waals surface area contributed by atoms with E-state index < -0.39 is 0 Å². The molecule has 0 aliphatic heterocycles. The Labute approximate surface area is 203 Å². The van der Waals surface area contributed by atoms with Gasteiger partial charge in [-0.15, -0.1) is 0 Å². The van der Waals surface area contributed by atoms with Crippen molar-refractivity contribution in [2.75, 3.05) is 17.2 Å². The third-order valence-electron chi connectivity index (χ3n) is 5.20. The molecule has 4 aromatic carbocycles. The Morgan fingerprint density at radius 1 is 0.794 bits per heavy atom. The fourth-order valence-corrected chi connectivity index (χ4v) is 3.72. The van der Waals surface area contributed by atoms with E-state index in [0.29, 0.717) is 39.0 Å². The molecule has 0 atom stereocenters. The average molecular weight is 471 g/mol. The average Bonchev–Trinajstić information content (AvgIpc) is 2.85. The normalized spacial score (nSPS) is 10.4. The topological polar surface area (TPSA) is 67.4 Å². The van der Waals surface area contributed by atoms with Crippen molar-refractivity contribution in [2.45, 2.75) is 6.92 Å². The van der Waals surface area contributed by atoms with Crippen LogP contribution in [0.1, 0.15) is 21.5 Å². The minimum atomic E-state index is -0.282. The van der Waals surface area contributed by atoms with Crippen LogP contribution in [0.3, 0.4) is 0 Å². The first kappa shape index (κ1) is 23.1. The largest absolute Gasteiger partial charge is 0.484 e. The van der Waals surface area contributed by atoms with Crippen LogP contribution in [0.2, 0.25) is 5.02 Å². The third-order valence-corrected chi connectivity index (χ3v) is 5.51. The number of amides is 1. The summed E-state index contributed by atoms with van der Waals surface area (Å²) in [5.74, 6) is 0.218. The van der Waals surface area contributed by atoms with Gasteiger partial charge in [0.25, 0.3) is 5.91 Å². The van der Waals surface area contributed by atoms with Crippen LogP contribution in [0.5, 0.6) is 5.75 Å². The van der Waals surface area contributed by atoms with Gasteiger partial charge < -0.3 is 15.4 Å². The van der Waals surface area contributed by atoms with Gasteiger partial charge in [-0.25, -0.2) is 0 Å². The van der Waals surface area contributed by atoms with Gasteiger partial charge in [-0.1, -0.05) is 66.2 Å². The molecule has 4 aromatic rings. The van der Waals surface area contributed by atoms with Crippen LogP contribution >= 0.6 is 11.6 Å². The molecule has 0 fully saturated rings. The summed E-state index contributed by atoms with van der Waals surface area (Å²) in [6, 6.07) is 29.1. The summed E-state index contributed by atoms with van der Waals surface area (Å²) in [4.78, 5) is 25.3. The smallest absolute Gasteiger partial charge is 0.262 e. The molecule has 0 aromatic heterocycles. The highest BCUT2D eigenvalue weighted by Gasteiger charge is 2.15. The summed E-state index contributed by atoms with van der Waals surface area (Å²) in [6.45, 7) is 1.78. The number of hydrogen-bond donors (Lipinski definition) is 2. The first-order chi connectivity index (χ1) is 16.5. The maximum Gasteiger partial charge on any atom is 0.262 e. The molecular weight excluding hydrogens is 448 g/mol. The van der Waals surface area contributed by atoms with Crippen molar-refractivity contribution in [1.29, 1.82) is 0 Å². The number of benzene rings is 4. The number of carbonyl (C=O) groups excluding carboxylic acids is 2. The second kappa shape index (κ2) is 10.7. The van der Waals surface area contributed by atoms with E-state index in [1.807, 2.05) is 61.5 Å². The molecule has 0 unspecified atom stereocenters. The zero-order chi connectivity index (χ0) is 23.9. The van der Waals surface area contributed by atoms with Crippen LogP contribution in [-0.2, 0) is 4.79 Å². The predicted molar refractivity (Wildman–Crippen MR) is 136 cm³/mol. The van der Waals surface area contributed by atoms with E-state index in [2.05, 4.69) is 10.6 Å². The van der Waals surface area contributed by atoms with Gasteiger partial charge >= 0.3 is 0 Å². The first-order valence-electron chi connectivity index (χ1n) is 10.7. The first-order valence-corrected chi connectivity index (χ1v) is 11.1. The summed E-state index contributed by atoms with van der Waals surface area (Å²) in [5.41, 5.74) is 3.92. The molecule has 4 rings (SSSR count).